The quantitative estimate of drug-likeness (QED) is 0.447. The molecule has 0 fully saturated rings. The molecule has 4 heteroatoms. The van der Waals surface area contributed by atoms with E-state index in [0.717, 1.165) is 4.32 Å². The van der Waals surface area contributed by atoms with Crippen molar-refractivity contribution in [3.8, 4) is 0 Å². The summed E-state index contributed by atoms with van der Waals surface area (Å²) >= 11 is 7.23. The van der Waals surface area contributed by atoms with Gasteiger partial charge in [-0.15, -0.1) is 0 Å². The minimum atomic E-state index is 0.138. The van der Waals surface area contributed by atoms with Gasteiger partial charge < -0.3 is 0 Å². The van der Waals surface area contributed by atoms with Gasteiger partial charge in [0, 0.05) is 0 Å². The Bertz CT molecular complexity index is 348. The van der Waals surface area contributed by atoms with Crippen LogP contribution in [0.3, 0.4) is 0 Å². The third-order valence-electron chi connectivity index (χ3n) is 1.49. The van der Waals surface area contributed by atoms with E-state index in [2.05, 4.69) is 43.9 Å². The number of nitrogens with one attached hydrogen (secondary N) is 1. The van der Waals surface area contributed by atoms with Gasteiger partial charge in [0.2, 0.25) is 0 Å². The molecule has 1 N–H and O–H groups in total. The Morgan fingerprint density at radius 3 is 2.82 bits per heavy atom. The molecule has 1 aromatic rings. The molecule has 0 aromatic heterocycles. The Balaban J connectivity index is 2.64. The van der Waals surface area contributed by atoms with Crippen LogP contribution < -0.4 is 5.32 Å². The molecule has 2 rings (SSSR count). The molecule has 1 aliphatic heterocycles. The second kappa shape index (κ2) is 2.95. The summed E-state index contributed by atoms with van der Waals surface area (Å²) in [5, 5.41) is 3.19. The van der Waals surface area contributed by atoms with Gasteiger partial charge in [0.15, 0.2) is 0 Å². The van der Waals surface area contributed by atoms with E-state index >= 15 is 0 Å². The molecular formula is C7H5NS2Te. The fraction of sp³-hybridized carbons (Fsp3) is 0. The predicted octanol–water partition coefficient (Wildman–Crippen LogP) is 2.11. The van der Waals surface area contributed by atoms with Crippen molar-refractivity contribution >= 4 is 50.2 Å². The first kappa shape index (κ1) is 7.88. The number of thiocarbonyl (C=S) groups is 1. The minimum absolute atomic E-state index is 0.138. The Morgan fingerprint density at radius 1 is 1.36 bits per heavy atom. The molecule has 1 unspecified atom stereocenters. The van der Waals surface area contributed by atoms with Crippen molar-refractivity contribution in [3.05, 3.63) is 24.3 Å². The maximum absolute atomic E-state index is 5.15. The molecule has 1 atom stereocenters. The third kappa shape index (κ3) is 1.29. The maximum atomic E-state index is 5.15. The van der Waals surface area contributed by atoms with E-state index in [1.54, 1.807) is 0 Å². The summed E-state index contributed by atoms with van der Waals surface area (Å²) in [5.41, 5.74) is 1.19. The molecule has 1 nitrogen and oxygen atoms in total. The molecule has 0 aliphatic carbocycles. The standard InChI is InChI=1S/C7H5NS2Te/c9-7-8-5-3-1-2-4-6(5)10(7)11/h1-4H,(H,8,9). The molecule has 56 valence electrons. The summed E-state index contributed by atoms with van der Waals surface area (Å²) in [6.07, 6.45) is 0. The number of para-hydroxylation sites is 1. The number of rotatable bonds is 0. The van der Waals surface area contributed by atoms with Gasteiger partial charge in [0.05, 0.1) is 0 Å². The predicted molar refractivity (Wildman–Crippen MR) is 54.3 cm³/mol. The molecule has 1 aromatic carbocycles. The van der Waals surface area contributed by atoms with Gasteiger partial charge in [0.1, 0.15) is 0 Å². The topological polar surface area (TPSA) is 12.0 Å². The van der Waals surface area contributed by atoms with Gasteiger partial charge in [-0.05, 0) is 0 Å². The average molecular weight is 295 g/mol. The summed E-state index contributed by atoms with van der Waals surface area (Å²) in [6, 6.07) is 8.28. The molecule has 1 heterocycles. The van der Waals surface area contributed by atoms with E-state index < -0.39 is 0 Å². The van der Waals surface area contributed by atoms with E-state index in [9.17, 15) is 0 Å². The van der Waals surface area contributed by atoms with Gasteiger partial charge in [-0.2, -0.15) is 0 Å². The molecule has 0 spiro atoms. The summed E-state index contributed by atoms with van der Waals surface area (Å²) in [7, 11) is 0.138. The number of fused-ring (bicyclic) bond motifs is 1. The molecule has 11 heavy (non-hydrogen) atoms. The van der Waals surface area contributed by atoms with Gasteiger partial charge in [-0.3, -0.25) is 0 Å². The van der Waals surface area contributed by atoms with Crippen LogP contribution in [0.4, 0.5) is 5.69 Å². The second-order valence-electron chi connectivity index (χ2n) is 2.18. The zero-order valence-corrected chi connectivity index (χ0v) is 9.50. The first-order chi connectivity index (χ1) is 5.29. The van der Waals surface area contributed by atoms with Crippen LogP contribution in [-0.4, -0.2) is 24.7 Å². The van der Waals surface area contributed by atoms with Gasteiger partial charge in [0.25, 0.3) is 0 Å². The zero-order valence-electron chi connectivity index (χ0n) is 5.53. The summed E-state index contributed by atoms with van der Waals surface area (Å²) in [5.74, 6) is 0. The van der Waals surface area contributed by atoms with Crippen molar-refractivity contribution in [1.29, 1.82) is 0 Å². The van der Waals surface area contributed by atoms with Crippen LogP contribution in [0.15, 0.2) is 29.2 Å². The first-order valence-corrected chi connectivity index (χ1v) is 7.52. The summed E-state index contributed by atoms with van der Waals surface area (Å²) in [6.45, 7) is 0. The monoisotopic (exact) mass is 297 g/mol. The van der Waals surface area contributed by atoms with E-state index in [1.807, 2.05) is 6.07 Å². The molecule has 0 saturated carbocycles. The third-order valence-corrected chi connectivity index (χ3v) is 7.24. The number of hydrogen-bond acceptors (Lipinski definition) is 1. The summed E-state index contributed by atoms with van der Waals surface area (Å²) in [4.78, 5) is 1.35. The van der Waals surface area contributed by atoms with E-state index in [4.69, 9.17) is 12.2 Å². The summed E-state index contributed by atoms with van der Waals surface area (Å²) < 4.78 is 0.969. The van der Waals surface area contributed by atoms with Crippen LogP contribution in [0.1, 0.15) is 0 Å². The molecule has 1 aliphatic rings. The Hall–Kier alpha value is 0.250. The zero-order chi connectivity index (χ0) is 7.84. The number of benzene rings is 1. The molecule has 0 saturated heterocycles. The van der Waals surface area contributed by atoms with Crippen molar-refractivity contribution in [3.63, 3.8) is 0 Å². The Morgan fingerprint density at radius 2 is 2.09 bits per heavy atom. The van der Waals surface area contributed by atoms with Crippen molar-refractivity contribution in [2.45, 2.75) is 4.90 Å². The van der Waals surface area contributed by atoms with Crippen LogP contribution in [-0.2, 0) is 0 Å². The molecule has 0 amide bonds. The van der Waals surface area contributed by atoms with Gasteiger partial charge in [-0.25, -0.2) is 0 Å². The van der Waals surface area contributed by atoms with Crippen molar-refractivity contribution in [2.75, 3.05) is 5.32 Å². The first-order valence-electron chi connectivity index (χ1n) is 3.11. The van der Waals surface area contributed by atoms with Crippen molar-refractivity contribution in [1.82, 2.24) is 0 Å². The average Bonchev–Trinajstić information content (AvgIpc) is 2.30. The van der Waals surface area contributed by atoms with Gasteiger partial charge >= 0.3 is 84.7 Å². The second-order valence-corrected chi connectivity index (χ2v) is 7.08. The Kier molecular flexibility index (Phi) is 2.11. The number of hydrogen-bond donors (Lipinski definition) is 1. The van der Waals surface area contributed by atoms with Crippen LogP contribution in [0.2, 0.25) is 0 Å². The fourth-order valence-electron chi connectivity index (χ4n) is 0.988. The SMILES string of the molecule is S=C1Nc2ccccc2S1=[Te]. The van der Waals surface area contributed by atoms with Crippen LogP contribution >= 0.6 is 19.8 Å². The number of anilines is 1. The van der Waals surface area contributed by atoms with E-state index in [1.165, 1.54) is 10.6 Å². The molecule has 0 bridgehead atoms. The van der Waals surface area contributed by atoms with Crippen LogP contribution in [0.5, 0.6) is 0 Å². The van der Waals surface area contributed by atoms with E-state index in [-0.39, 0.29) is 7.60 Å². The van der Waals surface area contributed by atoms with E-state index in [0.29, 0.717) is 0 Å². The molecule has 0 radical (unpaired) electrons. The fourth-order valence-corrected chi connectivity index (χ4v) is 3.89. The Labute approximate surface area is 84.2 Å². The van der Waals surface area contributed by atoms with Crippen LogP contribution in [0, 0.1) is 0 Å². The van der Waals surface area contributed by atoms with Crippen molar-refractivity contribution < 1.29 is 0 Å². The molecular weight excluding hydrogens is 290 g/mol. The normalized spacial score (nSPS) is 21.1. The van der Waals surface area contributed by atoms with Crippen molar-refractivity contribution in [2.24, 2.45) is 0 Å². The van der Waals surface area contributed by atoms with Crippen LogP contribution in [0.25, 0.3) is 0 Å². The van der Waals surface area contributed by atoms with Gasteiger partial charge in [-0.1, -0.05) is 0 Å².